The molecule has 1 aromatic carbocycles. The molecule has 36 heavy (non-hydrogen) atoms. The van der Waals surface area contributed by atoms with Crippen LogP contribution in [0.5, 0.6) is 0 Å². The number of anilines is 1. The largest absolute Gasteiger partial charge is 0.395 e. The molecule has 0 bridgehead atoms. The van der Waals surface area contributed by atoms with Crippen molar-refractivity contribution in [2.75, 3.05) is 44.2 Å². The molecule has 0 spiro atoms. The standard InChI is InChI=1S/C25H26FN5O3S2/c1-16-19(13-21-24(34)31(25(35)36-21)15-17-3-5-18(26)6-4-17)22(28(2)23(33)20(16)14-27)30-9-7-29(8-10-30)11-12-32/h3-6,13,32H,7-12,15H2,1-2H3. The van der Waals surface area contributed by atoms with Crippen molar-refractivity contribution in [2.45, 2.75) is 13.5 Å². The number of thioether (sulfide) groups is 1. The lowest BCUT2D eigenvalue weighted by Gasteiger charge is -2.37. The highest BCUT2D eigenvalue weighted by Gasteiger charge is 2.33. The molecule has 2 aromatic rings. The SMILES string of the molecule is Cc1c(C=C2SC(=S)N(Cc3ccc(F)cc3)C2=O)c(N2CCN(CCO)CC2)n(C)c(=O)c1C#N. The first-order chi connectivity index (χ1) is 17.2. The molecule has 0 saturated carbocycles. The summed E-state index contributed by atoms with van der Waals surface area (Å²) in [6.07, 6.45) is 1.72. The van der Waals surface area contributed by atoms with Gasteiger partial charge >= 0.3 is 0 Å². The van der Waals surface area contributed by atoms with Crippen LogP contribution in [0.4, 0.5) is 10.2 Å². The molecular formula is C25H26FN5O3S2. The molecule has 2 fully saturated rings. The number of nitrogens with zero attached hydrogens (tertiary/aromatic N) is 5. The van der Waals surface area contributed by atoms with Gasteiger partial charge in [0.25, 0.3) is 11.5 Å². The minimum atomic E-state index is -0.385. The van der Waals surface area contributed by atoms with E-state index in [1.54, 1.807) is 32.2 Å². The maximum atomic E-state index is 13.3. The summed E-state index contributed by atoms with van der Waals surface area (Å²) in [6, 6.07) is 7.92. The second-order valence-electron chi connectivity index (χ2n) is 8.66. The van der Waals surface area contributed by atoms with Gasteiger partial charge in [-0.3, -0.25) is 24.0 Å². The molecule has 1 aromatic heterocycles. The second kappa shape index (κ2) is 10.9. The highest BCUT2D eigenvalue weighted by molar-refractivity contribution is 8.26. The smallest absolute Gasteiger partial charge is 0.270 e. The van der Waals surface area contributed by atoms with E-state index in [9.17, 15) is 24.3 Å². The van der Waals surface area contributed by atoms with Crippen LogP contribution in [0.3, 0.4) is 0 Å². The predicted molar refractivity (Wildman–Crippen MR) is 142 cm³/mol. The Balaban J connectivity index is 1.72. The van der Waals surface area contributed by atoms with E-state index in [4.69, 9.17) is 12.2 Å². The summed E-state index contributed by atoms with van der Waals surface area (Å²) < 4.78 is 15.1. The van der Waals surface area contributed by atoms with Crippen LogP contribution in [-0.2, 0) is 18.4 Å². The lowest BCUT2D eigenvalue weighted by atomic mass is 10.0. The van der Waals surface area contributed by atoms with Crippen LogP contribution in [0.25, 0.3) is 6.08 Å². The number of rotatable bonds is 6. The third kappa shape index (κ3) is 5.08. The summed E-state index contributed by atoms with van der Waals surface area (Å²) in [5.74, 6) is 0.0102. The van der Waals surface area contributed by atoms with E-state index in [0.29, 0.717) is 58.9 Å². The molecule has 0 unspecified atom stereocenters. The zero-order chi connectivity index (χ0) is 26.0. The minimum Gasteiger partial charge on any atom is -0.395 e. The number of carbonyl (C=O) groups excluding carboxylic acids is 1. The molecule has 2 aliphatic rings. The van der Waals surface area contributed by atoms with Gasteiger partial charge in [-0.25, -0.2) is 4.39 Å². The third-order valence-electron chi connectivity index (χ3n) is 6.46. The van der Waals surface area contributed by atoms with Crippen LogP contribution in [0.1, 0.15) is 22.3 Å². The van der Waals surface area contributed by atoms with Gasteiger partial charge in [-0.2, -0.15) is 5.26 Å². The number of aromatic nitrogens is 1. The highest BCUT2D eigenvalue weighted by Crippen LogP contribution is 2.36. The Morgan fingerprint density at radius 1 is 1.19 bits per heavy atom. The molecule has 0 radical (unpaired) electrons. The molecule has 188 valence electrons. The zero-order valence-electron chi connectivity index (χ0n) is 20.0. The van der Waals surface area contributed by atoms with Gasteiger partial charge in [0.15, 0.2) is 0 Å². The monoisotopic (exact) mass is 527 g/mol. The number of aliphatic hydroxyl groups excluding tert-OH is 1. The minimum absolute atomic E-state index is 0.0354. The van der Waals surface area contributed by atoms with E-state index < -0.39 is 0 Å². The average Bonchev–Trinajstić information content (AvgIpc) is 3.12. The van der Waals surface area contributed by atoms with Crippen molar-refractivity contribution < 1.29 is 14.3 Å². The van der Waals surface area contributed by atoms with Gasteiger partial charge in [0, 0.05) is 45.3 Å². The number of carbonyl (C=O) groups is 1. The van der Waals surface area contributed by atoms with Gasteiger partial charge in [0.2, 0.25) is 0 Å². The van der Waals surface area contributed by atoms with E-state index in [0.717, 1.165) is 17.3 Å². The van der Waals surface area contributed by atoms with Gasteiger partial charge in [-0.05, 0) is 36.3 Å². The molecule has 3 heterocycles. The van der Waals surface area contributed by atoms with Crippen LogP contribution in [0, 0.1) is 24.1 Å². The summed E-state index contributed by atoms with van der Waals surface area (Å²) in [7, 11) is 1.63. The summed E-state index contributed by atoms with van der Waals surface area (Å²) in [5, 5.41) is 18.9. The lowest BCUT2D eigenvalue weighted by molar-refractivity contribution is -0.122. The van der Waals surface area contributed by atoms with Gasteiger partial charge in [-0.15, -0.1) is 0 Å². The number of amides is 1. The van der Waals surface area contributed by atoms with Gasteiger partial charge in [-0.1, -0.05) is 36.1 Å². The highest BCUT2D eigenvalue weighted by atomic mass is 32.2. The van der Waals surface area contributed by atoms with Gasteiger partial charge in [0.05, 0.1) is 18.1 Å². The molecule has 8 nitrogen and oxygen atoms in total. The summed E-state index contributed by atoms with van der Waals surface area (Å²) >= 11 is 6.63. The predicted octanol–water partition coefficient (Wildman–Crippen LogP) is 2.22. The first kappa shape index (κ1) is 26.0. The fourth-order valence-electron chi connectivity index (χ4n) is 4.46. The Morgan fingerprint density at radius 3 is 2.47 bits per heavy atom. The fraction of sp³-hybridized carbons (Fsp3) is 0.360. The van der Waals surface area contributed by atoms with E-state index >= 15 is 0 Å². The second-order valence-corrected chi connectivity index (χ2v) is 10.3. The van der Waals surface area contributed by atoms with Crippen LogP contribution in [0.15, 0.2) is 34.0 Å². The first-order valence-electron chi connectivity index (χ1n) is 11.5. The Labute approximate surface area is 218 Å². The van der Waals surface area contributed by atoms with Gasteiger partial charge < -0.3 is 10.0 Å². The van der Waals surface area contributed by atoms with E-state index in [2.05, 4.69) is 9.80 Å². The van der Waals surface area contributed by atoms with E-state index in [1.165, 1.54) is 21.6 Å². The molecule has 11 heteroatoms. The maximum absolute atomic E-state index is 13.3. The van der Waals surface area contributed by atoms with Crippen molar-refractivity contribution in [1.29, 1.82) is 5.26 Å². The number of aliphatic hydroxyl groups is 1. The number of pyridine rings is 1. The number of hydrogen-bond donors (Lipinski definition) is 1. The Kier molecular flexibility index (Phi) is 7.90. The number of hydrogen-bond acceptors (Lipinski definition) is 8. The number of halogens is 1. The average molecular weight is 528 g/mol. The number of thiocarbonyl (C=S) groups is 1. The first-order valence-corrected chi connectivity index (χ1v) is 12.7. The molecule has 0 atom stereocenters. The summed E-state index contributed by atoms with van der Waals surface area (Å²) in [6.45, 7) is 5.30. The van der Waals surface area contributed by atoms with Crippen molar-refractivity contribution in [1.82, 2.24) is 14.4 Å². The number of β-amino-alcohol motifs (C(OH)–C–C–N with tert-alkyl or cyclic N) is 1. The maximum Gasteiger partial charge on any atom is 0.270 e. The topological polar surface area (TPSA) is 92.8 Å². The van der Waals surface area contributed by atoms with Gasteiger partial charge in [0.1, 0.15) is 27.6 Å². The molecule has 0 aliphatic carbocycles. The van der Waals surface area contributed by atoms with Crippen molar-refractivity contribution in [2.24, 2.45) is 7.05 Å². The molecule has 2 aliphatic heterocycles. The quantitative estimate of drug-likeness (QED) is 0.452. The third-order valence-corrected chi connectivity index (χ3v) is 7.84. The Hall–Kier alpha value is -3.04. The van der Waals surface area contributed by atoms with Crippen LogP contribution in [-0.4, -0.2) is 69.0 Å². The van der Waals surface area contributed by atoms with Crippen LogP contribution < -0.4 is 10.5 Å². The lowest BCUT2D eigenvalue weighted by Crippen LogP contribution is -2.49. The number of piperazine rings is 1. The molecule has 2 saturated heterocycles. The number of benzene rings is 1. The van der Waals surface area contributed by atoms with Crippen molar-refractivity contribution in [3.8, 4) is 6.07 Å². The fourth-order valence-corrected chi connectivity index (χ4v) is 5.70. The summed E-state index contributed by atoms with van der Waals surface area (Å²) in [5.41, 5.74) is 1.54. The molecule has 1 amide bonds. The molecule has 1 N–H and O–H groups in total. The van der Waals surface area contributed by atoms with Crippen molar-refractivity contribution >= 4 is 46.1 Å². The Morgan fingerprint density at radius 2 is 1.86 bits per heavy atom. The van der Waals surface area contributed by atoms with Crippen molar-refractivity contribution in [3.63, 3.8) is 0 Å². The molecular weight excluding hydrogens is 501 g/mol. The van der Waals surface area contributed by atoms with Crippen LogP contribution >= 0.6 is 24.0 Å². The number of nitriles is 1. The molecule has 4 rings (SSSR count). The van der Waals surface area contributed by atoms with Crippen LogP contribution in [0.2, 0.25) is 0 Å². The zero-order valence-corrected chi connectivity index (χ0v) is 21.7. The van der Waals surface area contributed by atoms with Crippen molar-refractivity contribution in [3.05, 3.63) is 67.6 Å². The summed E-state index contributed by atoms with van der Waals surface area (Å²) in [4.78, 5) is 32.4. The van der Waals surface area contributed by atoms with E-state index in [-0.39, 0.29) is 36.0 Å². The van der Waals surface area contributed by atoms with E-state index in [1.807, 2.05) is 6.07 Å². The Bertz CT molecular complexity index is 1330. The normalized spacial score (nSPS) is 17.8.